The quantitative estimate of drug-likeness (QED) is 0.524. The molecule has 1 rings (SSSR count). The molecule has 0 saturated heterocycles. The molecule has 8 nitrogen and oxygen atoms in total. The van der Waals surface area contributed by atoms with Gasteiger partial charge in [-0.1, -0.05) is 13.8 Å². The summed E-state index contributed by atoms with van der Waals surface area (Å²) in [5.74, 6) is -1.41. The molecule has 104 valence electrons. The zero-order valence-corrected chi connectivity index (χ0v) is 10.7. The zero-order chi connectivity index (χ0) is 14.6. The maximum Gasteiger partial charge on any atom is 0.311 e. The lowest BCUT2D eigenvalue weighted by Gasteiger charge is -2.17. The maximum atomic E-state index is 11.0. The number of carbonyl (C=O) groups is 1. The van der Waals surface area contributed by atoms with E-state index in [2.05, 4.69) is 10.3 Å². The molecule has 1 atom stereocenters. The van der Waals surface area contributed by atoms with Crippen LogP contribution < -0.4 is 11.1 Å². The minimum Gasteiger partial charge on any atom is -0.481 e. The normalized spacial score (nSPS) is 12.2. The van der Waals surface area contributed by atoms with Crippen molar-refractivity contribution in [1.29, 1.82) is 0 Å². The van der Waals surface area contributed by atoms with Crippen LogP contribution >= 0.6 is 0 Å². The van der Waals surface area contributed by atoms with Gasteiger partial charge < -0.3 is 16.2 Å². The highest BCUT2D eigenvalue weighted by atomic mass is 16.6. The summed E-state index contributed by atoms with van der Waals surface area (Å²) >= 11 is 0. The third-order valence-corrected chi connectivity index (χ3v) is 2.72. The minimum absolute atomic E-state index is 0.0413. The van der Waals surface area contributed by atoms with Gasteiger partial charge in [0.25, 0.3) is 0 Å². The fraction of sp³-hybridized carbons (Fsp3) is 0.455. The van der Waals surface area contributed by atoms with Crippen molar-refractivity contribution in [3.05, 3.63) is 22.2 Å². The first kappa shape index (κ1) is 14.7. The Kier molecular flexibility index (Phi) is 4.62. The Bertz CT molecular complexity index is 490. The first-order chi connectivity index (χ1) is 8.82. The molecule has 0 bridgehead atoms. The van der Waals surface area contributed by atoms with Gasteiger partial charge in [-0.25, -0.2) is 4.98 Å². The maximum absolute atomic E-state index is 11.0. The Hall–Kier alpha value is -2.38. The average Bonchev–Trinajstić information content (AvgIpc) is 2.27. The summed E-state index contributed by atoms with van der Waals surface area (Å²) in [6, 6.07) is 2.63. The Morgan fingerprint density at radius 2 is 2.21 bits per heavy atom. The van der Waals surface area contributed by atoms with E-state index in [-0.39, 0.29) is 24.0 Å². The minimum atomic E-state index is -0.905. The molecule has 0 aromatic carbocycles. The molecule has 1 unspecified atom stereocenters. The standard InChI is InChI=1S/C11H16N4O4/c1-6(2)7(11(16)17)5-13-9-4-3-8(15(18)19)10(12)14-9/h3-4,6-7H,5H2,1-2H3,(H,16,17)(H3,12,13,14). The molecule has 4 N–H and O–H groups in total. The number of pyridine rings is 1. The van der Waals surface area contributed by atoms with Crippen LogP contribution in [0, 0.1) is 22.0 Å². The summed E-state index contributed by atoms with van der Waals surface area (Å²) in [5.41, 5.74) is 5.17. The summed E-state index contributed by atoms with van der Waals surface area (Å²) in [6.45, 7) is 3.79. The molecule has 1 aromatic rings. The van der Waals surface area contributed by atoms with Crippen molar-refractivity contribution in [3.63, 3.8) is 0 Å². The van der Waals surface area contributed by atoms with Crippen LogP contribution in [-0.4, -0.2) is 27.5 Å². The fourth-order valence-corrected chi connectivity index (χ4v) is 1.54. The zero-order valence-electron chi connectivity index (χ0n) is 10.7. The van der Waals surface area contributed by atoms with E-state index in [4.69, 9.17) is 10.8 Å². The number of anilines is 2. The Balaban J connectivity index is 2.76. The number of rotatable bonds is 6. The predicted octanol–water partition coefficient (Wildman–Crippen LogP) is 1.34. The summed E-state index contributed by atoms with van der Waals surface area (Å²) < 4.78 is 0. The van der Waals surface area contributed by atoms with E-state index in [1.54, 1.807) is 13.8 Å². The molecular weight excluding hydrogens is 252 g/mol. The molecule has 0 amide bonds. The molecule has 0 saturated carbocycles. The van der Waals surface area contributed by atoms with Gasteiger partial charge >= 0.3 is 11.7 Å². The van der Waals surface area contributed by atoms with Gasteiger partial charge in [-0.2, -0.15) is 0 Å². The van der Waals surface area contributed by atoms with Crippen LogP contribution in [0.1, 0.15) is 13.8 Å². The molecule has 0 fully saturated rings. The van der Waals surface area contributed by atoms with Crippen molar-refractivity contribution < 1.29 is 14.8 Å². The number of nitrogens with two attached hydrogens (primary N) is 1. The SMILES string of the molecule is CC(C)C(CNc1ccc([N+](=O)[O-])c(N)n1)C(=O)O. The van der Waals surface area contributed by atoms with Crippen molar-refractivity contribution in [2.75, 3.05) is 17.6 Å². The number of nitro groups is 1. The third kappa shape index (κ3) is 3.80. The highest BCUT2D eigenvalue weighted by Gasteiger charge is 2.21. The number of aromatic nitrogens is 1. The lowest BCUT2D eigenvalue weighted by atomic mass is 9.96. The summed E-state index contributed by atoms with van der Waals surface area (Å²) in [7, 11) is 0. The van der Waals surface area contributed by atoms with E-state index in [1.807, 2.05) is 0 Å². The lowest BCUT2D eigenvalue weighted by Crippen LogP contribution is -2.27. The second-order valence-corrected chi connectivity index (χ2v) is 4.43. The smallest absolute Gasteiger partial charge is 0.311 e. The van der Waals surface area contributed by atoms with Crippen molar-refractivity contribution in [3.8, 4) is 0 Å². The van der Waals surface area contributed by atoms with Crippen molar-refractivity contribution in [2.24, 2.45) is 11.8 Å². The number of carboxylic acids is 1. The molecule has 19 heavy (non-hydrogen) atoms. The number of hydrogen-bond donors (Lipinski definition) is 3. The number of nitrogens with zero attached hydrogens (tertiary/aromatic N) is 2. The molecule has 0 spiro atoms. The van der Waals surface area contributed by atoms with Gasteiger partial charge in [0, 0.05) is 12.6 Å². The molecule has 0 aliphatic rings. The second-order valence-electron chi connectivity index (χ2n) is 4.43. The van der Waals surface area contributed by atoms with Crippen molar-refractivity contribution >= 4 is 23.3 Å². The lowest BCUT2D eigenvalue weighted by molar-refractivity contribution is -0.384. The van der Waals surface area contributed by atoms with Crippen LogP contribution in [-0.2, 0) is 4.79 Å². The van der Waals surface area contributed by atoms with Crippen LogP contribution in [0.4, 0.5) is 17.3 Å². The second kappa shape index (κ2) is 5.98. The summed E-state index contributed by atoms with van der Waals surface area (Å²) in [6.07, 6.45) is 0. The fourth-order valence-electron chi connectivity index (χ4n) is 1.54. The molecular formula is C11H16N4O4. The Morgan fingerprint density at radius 3 is 2.63 bits per heavy atom. The molecule has 8 heteroatoms. The van der Waals surface area contributed by atoms with Crippen molar-refractivity contribution in [1.82, 2.24) is 4.98 Å². The van der Waals surface area contributed by atoms with Crippen molar-refractivity contribution in [2.45, 2.75) is 13.8 Å². The summed E-state index contributed by atoms with van der Waals surface area (Å²) in [5, 5.41) is 22.4. The van der Waals surface area contributed by atoms with E-state index in [9.17, 15) is 14.9 Å². The van der Waals surface area contributed by atoms with Gasteiger partial charge in [0.05, 0.1) is 10.8 Å². The number of aliphatic carboxylic acids is 1. The van der Waals surface area contributed by atoms with E-state index in [0.29, 0.717) is 5.82 Å². The molecule has 0 aliphatic heterocycles. The van der Waals surface area contributed by atoms with E-state index < -0.39 is 16.8 Å². The first-order valence-corrected chi connectivity index (χ1v) is 5.70. The first-order valence-electron chi connectivity index (χ1n) is 5.70. The number of hydrogen-bond acceptors (Lipinski definition) is 6. The Morgan fingerprint density at radius 1 is 1.58 bits per heavy atom. The van der Waals surface area contributed by atoms with E-state index in [1.165, 1.54) is 12.1 Å². The molecule has 1 aromatic heterocycles. The van der Waals surface area contributed by atoms with E-state index in [0.717, 1.165) is 0 Å². The van der Waals surface area contributed by atoms with Gasteiger partial charge in [0.15, 0.2) is 0 Å². The van der Waals surface area contributed by atoms with E-state index >= 15 is 0 Å². The molecule has 0 radical (unpaired) electrons. The monoisotopic (exact) mass is 268 g/mol. The van der Waals surface area contributed by atoms with Gasteiger partial charge in [0.2, 0.25) is 5.82 Å². The Labute approximate surface area is 109 Å². The number of carboxylic acid groups (broad SMARTS) is 1. The number of nitrogen functional groups attached to an aromatic ring is 1. The van der Waals surface area contributed by atoms with Crippen LogP contribution in [0.15, 0.2) is 12.1 Å². The number of nitrogens with one attached hydrogen (secondary N) is 1. The highest BCUT2D eigenvalue weighted by Crippen LogP contribution is 2.21. The van der Waals surface area contributed by atoms with Gasteiger partial charge in [0.1, 0.15) is 5.82 Å². The van der Waals surface area contributed by atoms with Crippen LogP contribution in [0.3, 0.4) is 0 Å². The van der Waals surface area contributed by atoms with Gasteiger partial charge in [-0.3, -0.25) is 14.9 Å². The van der Waals surface area contributed by atoms with Crippen LogP contribution in [0.5, 0.6) is 0 Å². The van der Waals surface area contributed by atoms with Crippen LogP contribution in [0.2, 0.25) is 0 Å². The summed E-state index contributed by atoms with van der Waals surface area (Å²) in [4.78, 5) is 24.8. The molecule has 1 heterocycles. The van der Waals surface area contributed by atoms with Gasteiger partial charge in [-0.05, 0) is 12.0 Å². The van der Waals surface area contributed by atoms with Crippen LogP contribution in [0.25, 0.3) is 0 Å². The average molecular weight is 268 g/mol. The largest absolute Gasteiger partial charge is 0.481 e. The third-order valence-electron chi connectivity index (χ3n) is 2.72. The highest BCUT2D eigenvalue weighted by molar-refractivity contribution is 5.71. The predicted molar refractivity (Wildman–Crippen MR) is 69.8 cm³/mol. The topological polar surface area (TPSA) is 131 Å². The van der Waals surface area contributed by atoms with Gasteiger partial charge in [-0.15, -0.1) is 0 Å². The molecule has 0 aliphatic carbocycles.